The lowest BCUT2D eigenvalue weighted by Gasteiger charge is -2.09. The third-order valence-corrected chi connectivity index (χ3v) is 4.84. The molecular formula is C13H14F2N4O2S. The summed E-state index contributed by atoms with van der Waals surface area (Å²) in [4.78, 5) is 3.47. The van der Waals surface area contributed by atoms with Gasteiger partial charge in [-0.05, 0) is 31.4 Å². The van der Waals surface area contributed by atoms with Gasteiger partial charge in [0.15, 0.2) is 0 Å². The summed E-state index contributed by atoms with van der Waals surface area (Å²) in [5.74, 6) is -1.36. The lowest BCUT2D eigenvalue weighted by atomic mass is 10.2. The third kappa shape index (κ3) is 2.68. The number of rotatable bonds is 3. The van der Waals surface area contributed by atoms with Crippen LogP contribution in [0.2, 0.25) is 0 Å². The highest BCUT2D eigenvalue weighted by Gasteiger charge is 2.24. The summed E-state index contributed by atoms with van der Waals surface area (Å²) in [7, 11) is -4.21. The molecule has 2 heterocycles. The van der Waals surface area contributed by atoms with E-state index >= 15 is 0 Å². The molecule has 0 fully saturated rings. The van der Waals surface area contributed by atoms with Crippen LogP contribution in [-0.2, 0) is 23.0 Å². The van der Waals surface area contributed by atoms with Gasteiger partial charge in [-0.3, -0.25) is 0 Å². The van der Waals surface area contributed by atoms with Gasteiger partial charge in [0.2, 0.25) is 0 Å². The average molecular weight is 328 g/mol. The van der Waals surface area contributed by atoms with E-state index in [0.717, 1.165) is 25.3 Å². The molecule has 0 aliphatic carbocycles. The number of anilines is 1. The van der Waals surface area contributed by atoms with Crippen molar-refractivity contribution in [3.05, 3.63) is 35.2 Å². The van der Waals surface area contributed by atoms with Crippen LogP contribution >= 0.6 is 0 Å². The van der Waals surface area contributed by atoms with Crippen molar-refractivity contribution in [2.45, 2.75) is 37.6 Å². The van der Waals surface area contributed by atoms with E-state index in [2.05, 4.69) is 14.8 Å². The molecule has 3 rings (SSSR count). The fourth-order valence-corrected chi connectivity index (χ4v) is 3.42. The highest BCUT2D eigenvalue weighted by atomic mass is 32.2. The van der Waals surface area contributed by atoms with Crippen molar-refractivity contribution in [2.75, 3.05) is 4.72 Å². The zero-order chi connectivity index (χ0) is 15.9. The number of hydrogen-bond acceptors (Lipinski definition) is 4. The molecule has 0 unspecified atom stereocenters. The van der Waals surface area contributed by atoms with Crippen LogP contribution in [0.15, 0.2) is 17.0 Å². The molecule has 9 heteroatoms. The van der Waals surface area contributed by atoms with Crippen molar-refractivity contribution < 1.29 is 17.2 Å². The number of nitrogens with one attached hydrogen (secondary N) is 1. The molecule has 1 aliphatic heterocycles. The summed E-state index contributed by atoms with van der Waals surface area (Å²) in [6.45, 7) is 2.04. The molecule has 0 amide bonds. The summed E-state index contributed by atoms with van der Waals surface area (Å²) >= 11 is 0. The standard InChI is InChI=1S/C13H14F2N4O2S/c1-8-6-11(10(15)7-9(8)14)22(20,21)18-13-16-12-4-2-3-5-19(12)17-13/h6-7H,2-5H2,1H3,(H,17,18). The van der Waals surface area contributed by atoms with Gasteiger partial charge in [0.25, 0.3) is 16.0 Å². The van der Waals surface area contributed by atoms with Gasteiger partial charge in [0, 0.05) is 19.0 Å². The van der Waals surface area contributed by atoms with Crippen molar-refractivity contribution in [3.63, 3.8) is 0 Å². The number of halogens is 2. The van der Waals surface area contributed by atoms with Crippen molar-refractivity contribution in [1.29, 1.82) is 0 Å². The Morgan fingerprint density at radius 3 is 2.73 bits per heavy atom. The largest absolute Gasteiger partial charge is 0.267 e. The minimum atomic E-state index is -4.21. The van der Waals surface area contributed by atoms with E-state index in [1.54, 1.807) is 4.68 Å². The molecular weight excluding hydrogens is 314 g/mol. The lowest BCUT2D eigenvalue weighted by Crippen LogP contribution is -2.16. The van der Waals surface area contributed by atoms with Crippen LogP contribution < -0.4 is 4.72 Å². The highest BCUT2D eigenvalue weighted by molar-refractivity contribution is 7.92. The van der Waals surface area contributed by atoms with Gasteiger partial charge in [-0.1, -0.05) is 0 Å². The second-order valence-corrected chi connectivity index (χ2v) is 6.82. The normalized spacial score (nSPS) is 14.7. The first-order valence-electron chi connectivity index (χ1n) is 6.79. The Morgan fingerprint density at radius 1 is 1.23 bits per heavy atom. The third-order valence-electron chi connectivity index (χ3n) is 3.50. The molecule has 1 N–H and O–H groups in total. The maximum absolute atomic E-state index is 13.8. The number of hydrogen-bond donors (Lipinski definition) is 1. The molecule has 6 nitrogen and oxygen atoms in total. The van der Waals surface area contributed by atoms with Gasteiger partial charge >= 0.3 is 0 Å². The zero-order valence-electron chi connectivity index (χ0n) is 11.8. The van der Waals surface area contributed by atoms with E-state index in [1.165, 1.54) is 6.92 Å². The monoisotopic (exact) mass is 328 g/mol. The Balaban J connectivity index is 1.94. The number of sulfonamides is 1. The number of nitrogens with zero attached hydrogens (tertiary/aromatic N) is 3. The Bertz CT molecular complexity index is 809. The molecule has 2 aromatic rings. The molecule has 0 spiro atoms. The van der Waals surface area contributed by atoms with Crippen molar-refractivity contribution in [1.82, 2.24) is 14.8 Å². The van der Waals surface area contributed by atoms with Crippen LogP contribution in [0, 0.1) is 18.6 Å². The summed E-state index contributed by atoms with van der Waals surface area (Å²) in [6.07, 6.45) is 2.64. The molecule has 1 aromatic heterocycles. The van der Waals surface area contributed by atoms with Gasteiger partial charge < -0.3 is 0 Å². The van der Waals surface area contributed by atoms with Gasteiger partial charge in [0.1, 0.15) is 22.4 Å². The SMILES string of the molecule is Cc1cc(S(=O)(=O)Nc2nc3n(n2)CCCC3)c(F)cc1F. The van der Waals surface area contributed by atoms with Crippen LogP contribution in [0.4, 0.5) is 14.7 Å². The summed E-state index contributed by atoms with van der Waals surface area (Å²) < 4.78 is 55.2. The van der Waals surface area contributed by atoms with Crippen molar-refractivity contribution >= 4 is 16.0 Å². The van der Waals surface area contributed by atoms with E-state index in [0.29, 0.717) is 18.4 Å². The van der Waals surface area contributed by atoms with E-state index < -0.39 is 26.6 Å². The molecule has 0 bridgehead atoms. The Kier molecular flexibility index (Phi) is 3.59. The number of fused-ring (bicyclic) bond motifs is 1. The van der Waals surface area contributed by atoms with Gasteiger partial charge in [-0.15, -0.1) is 5.10 Å². The Labute approximate surface area is 126 Å². The topological polar surface area (TPSA) is 76.9 Å². The molecule has 22 heavy (non-hydrogen) atoms. The minimum absolute atomic E-state index is 0.0406. The van der Waals surface area contributed by atoms with E-state index in [9.17, 15) is 17.2 Å². The molecule has 1 aromatic carbocycles. The predicted molar refractivity (Wildman–Crippen MR) is 74.9 cm³/mol. The van der Waals surface area contributed by atoms with Crippen molar-refractivity contribution in [3.8, 4) is 0 Å². The Hall–Kier alpha value is -2.03. The van der Waals surface area contributed by atoms with E-state index in [4.69, 9.17) is 0 Å². The first-order valence-corrected chi connectivity index (χ1v) is 8.27. The number of benzene rings is 1. The van der Waals surface area contributed by atoms with E-state index in [-0.39, 0.29) is 11.5 Å². The Morgan fingerprint density at radius 2 is 2.00 bits per heavy atom. The molecule has 1 aliphatic rings. The second kappa shape index (κ2) is 5.31. The maximum atomic E-state index is 13.8. The quantitative estimate of drug-likeness (QED) is 0.935. The minimum Gasteiger partial charge on any atom is -0.248 e. The van der Waals surface area contributed by atoms with Crippen molar-refractivity contribution in [2.24, 2.45) is 0 Å². The lowest BCUT2D eigenvalue weighted by molar-refractivity contribution is 0.480. The fraction of sp³-hybridized carbons (Fsp3) is 0.385. The fourth-order valence-electron chi connectivity index (χ4n) is 2.34. The van der Waals surface area contributed by atoms with Gasteiger partial charge in [-0.2, -0.15) is 4.98 Å². The zero-order valence-corrected chi connectivity index (χ0v) is 12.6. The van der Waals surface area contributed by atoms with Gasteiger partial charge in [-0.25, -0.2) is 26.6 Å². The number of aromatic nitrogens is 3. The van der Waals surface area contributed by atoms with Crippen LogP contribution in [0.25, 0.3) is 0 Å². The first kappa shape index (κ1) is 14.9. The first-order chi connectivity index (χ1) is 10.4. The highest BCUT2D eigenvalue weighted by Crippen LogP contribution is 2.22. The van der Waals surface area contributed by atoms with E-state index in [1.807, 2.05) is 0 Å². The second-order valence-electron chi connectivity index (χ2n) is 5.17. The van der Waals surface area contributed by atoms with Crippen LogP contribution in [-0.4, -0.2) is 23.2 Å². The molecule has 0 atom stereocenters. The van der Waals surface area contributed by atoms with Crippen LogP contribution in [0.5, 0.6) is 0 Å². The molecule has 0 saturated carbocycles. The summed E-state index contributed by atoms with van der Waals surface area (Å²) in [6, 6.07) is 1.50. The van der Waals surface area contributed by atoms with Crippen LogP contribution in [0.1, 0.15) is 24.2 Å². The summed E-state index contributed by atoms with van der Waals surface area (Å²) in [5.41, 5.74) is 0.0406. The van der Waals surface area contributed by atoms with Crippen LogP contribution in [0.3, 0.4) is 0 Å². The molecule has 0 radical (unpaired) electrons. The van der Waals surface area contributed by atoms with Gasteiger partial charge in [0.05, 0.1) is 0 Å². The molecule has 0 saturated heterocycles. The summed E-state index contributed by atoms with van der Waals surface area (Å²) in [5, 5.41) is 4.05. The number of aryl methyl sites for hydroxylation is 3. The average Bonchev–Trinajstić information content (AvgIpc) is 2.83. The smallest absolute Gasteiger partial charge is 0.248 e. The molecule has 118 valence electrons. The predicted octanol–water partition coefficient (Wildman–Crippen LogP) is 2.00. The maximum Gasteiger partial charge on any atom is 0.267 e.